The van der Waals surface area contributed by atoms with Gasteiger partial charge < -0.3 is 5.32 Å². The van der Waals surface area contributed by atoms with Gasteiger partial charge in [-0.1, -0.05) is 42.5 Å². The highest BCUT2D eigenvalue weighted by Crippen LogP contribution is 2.29. The van der Waals surface area contributed by atoms with Gasteiger partial charge >= 0.3 is 0 Å². The van der Waals surface area contributed by atoms with Crippen LogP contribution in [0.5, 0.6) is 0 Å². The summed E-state index contributed by atoms with van der Waals surface area (Å²) in [6.07, 6.45) is 1.82. The molecule has 0 bridgehead atoms. The van der Waals surface area contributed by atoms with Crippen molar-refractivity contribution < 1.29 is 4.79 Å². The molecule has 182 valence electrons. The summed E-state index contributed by atoms with van der Waals surface area (Å²) in [5.41, 5.74) is 8.89. The predicted molar refractivity (Wildman–Crippen MR) is 143 cm³/mol. The minimum atomic E-state index is -0.183. The number of hydrogen-bond acceptors (Lipinski definition) is 4. The first-order chi connectivity index (χ1) is 17.4. The van der Waals surface area contributed by atoms with Crippen LogP contribution in [0.1, 0.15) is 45.5 Å². The van der Waals surface area contributed by atoms with Gasteiger partial charge in [-0.2, -0.15) is 10.2 Å². The second-order valence-corrected chi connectivity index (χ2v) is 9.12. The highest BCUT2D eigenvalue weighted by molar-refractivity contribution is 6.13. The normalized spacial score (nSPS) is 11.2. The van der Waals surface area contributed by atoms with E-state index in [1.807, 2.05) is 78.8 Å². The molecule has 7 heteroatoms. The molecule has 3 aromatic heterocycles. The summed E-state index contributed by atoms with van der Waals surface area (Å²) < 4.78 is 3.88. The maximum atomic E-state index is 13.7. The molecule has 0 spiro atoms. The largest absolute Gasteiger partial charge is 0.319 e. The van der Waals surface area contributed by atoms with Crippen molar-refractivity contribution in [2.24, 2.45) is 0 Å². The van der Waals surface area contributed by atoms with Gasteiger partial charge in [0.15, 0.2) is 0 Å². The van der Waals surface area contributed by atoms with Gasteiger partial charge in [-0.25, -0.2) is 4.98 Å². The second-order valence-electron chi connectivity index (χ2n) is 9.12. The van der Waals surface area contributed by atoms with Gasteiger partial charge in [0.25, 0.3) is 5.91 Å². The molecule has 5 rings (SSSR count). The molecule has 0 radical (unpaired) electrons. The fourth-order valence-corrected chi connectivity index (χ4v) is 4.68. The van der Waals surface area contributed by atoms with E-state index in [4.69, 9.17) is 10.1 Å². The van der Waals surface area contributed by atoms with E-state index < -0.39 is 0 Å². The van der Waals surface area contributed by atoms with Crippen LogP contribution in [0.4, 0.5) is 5.69 Å². The molecule has 0 saturated heterocycles. The number of aryl methyl sites for hydroxylation is 3. The molecule has 0 unspecified atom stereocenters. The minimum Gasteiger partial charge on any atom is -0.319 e. The fraction of sp³-hybridized carbons (Fsp3) is 0.241. The zero-order valence-corrected chi connectivity index (χ0v) is 21.3. The molecule has 1 N–H and O–H groups in total. The Hall–Kier alpha value is -4.26. The van der Waals surface area contributed by atoms with Crippen LogP contribution < -0.4 is 5.32 Å². The van der Waals surface area contributed by atoms with E-state index in [1.54, 1.807) is 0 Å². The third-order valence-electron chi connectivity index (χ3n) is 6.84. The molecule has 0 fully saturated rings. The summed E-state index contributed by atoms with van der Waals surface area (Å²) in [5.74, 6) is -0.183. The first kappa shape index (κ1) is 23.5. The van der Waals surface area contributed by atoms with Crippen LogP contribution in [-0.2, 0) is 13.1 Å². The lowest BCUT2D eigenvalue weighted by molar-refractivity contribution is 0.102. The Morgan fingerprint density at radius 3 is 2.44 bits per heavy atom. The number of amides is 1. The maximum absolute atomic E-state index is 13.7. The monoisotopic (exact) mass is 478 g/mol. The zero-order chi connectivity index (χ0) is 25.4. The van der Waals surface area contributed by atoms with Crippen molar-refractivity contribution in [3.63, 3.8) is 0 Å². The van der Waals surface area contributed by atoms with Crippen molar-refractivity contribution in [1.29, 1.82) is 0 Å². The zero-order valence-electron chi connectivity index (χ0n) is 21.3. The van der Waals surface area contributed by atoms with Crippen LogP contribution in [0, 0.1) is 27.7 Å². The van der Waals surface area contributed by atoms with E-state index in [1.165, 1.54) is 11.1 Å². The Morgan fingerprint density at radius 2 is 1.69 bits per heavy atom. The number of hydrogen-bond donors (Lipinski definition) is 1. The molecule has 1 amide bonds. The maximum Gasteiger partial charge on any atom is 0.256 e. The van der Waals surface area contributed by atoms with Gasteiger partial charge in [-0.3, -0.25) is 14.2 Å². The number of fused-ring (bicyclic) bond motifs is 1. The standard InChI is InChI=1S/C29H30N6O/c1-6-34-20(4)25(16-30-34)27-15-24(23-13-9-10-14-26(23)31-27)29(36)32-28-19(3)33-35(21(28)5)17-22-12-8-7-11-18(22)2/h7-16H,6,17H2,1-5H3,(H,32,36). The SMILES string of the molecule is CCn1ncc(-c2cc(C(=O)Nc3c(C)nn(Cc4ccccc4C)c3C)c3ccccc3n2)c1C. The summed E-state index contributed by atoms with van der Waals surface area (Å²) in [6.45, 7) is 11.5. The molecule has 0 saturated carbocycles. The number of para-hydroxylation sites is 1. The number of anilines is 1. The Bertz CT molecular complexity index is 1590. The van der Waals surface area contributed by atoms with Gasteiger partial charge in [0.2, 0.25) is 0 Å². The molecule has 36 heavy (non-hydrogen) atoms. The highest BCUT2D eigenvalue weighted by atomic mass is 16.1. The molecule has 3 heterocycles. The van der Waals surface area contributed by atoms with Crippen LogP contribution in [0.3, 0.4) is 0 Å². The first-order valence-electron chi connectivity index (χ1n) is 12.2. The van der Waals surface area contributed by atoms with Crippen LogP contribution in [0.15, 0.2) is 60.8 Å². The fourth-order valence-electron chi connectivity index (χ4n) is 4.68. The number of nitrogens with zero attached hydrogens (tertiary/aromatic N) is 5. The lowest BCUT2D eigenvalue weighted by atomic mass is 10.0. The predicted octanol–water partition coefficient (Wildman–Crippen LogP) is 5.85. The third-order valence-corrected chi connectivity index (χ3v) is 6.84. The number of carbonyl (C=O) groups is 1. The van der Waals surface area contributed by atoms with Gasteiger partial charge in [-0.15, -0.1) is 0 Å². The van der Waals surface area contributed by atoms with E-state index in [9.17, 15) is 4.79 Å². The first-order valence-corrected chi connectivity index (χ1v) is 12.2. The molecular weight excluding hydrogens is 448 g/mol. The van der Waals surface area contributed by atoms with E-state index in [0.717, 1.165) is 51.5 Å². The Balaban J connectivity index is 1.52. The lowest BCUT2D eigenvalue weighted by Gasteiger charge is -2.12. The second kappa shape index (κ2) is 9.41. The molecule has 0 aliphatic heterocycles. The van der Waals surface area contributed by atoms with E-state index in [2.05, 4.69) is 36.4 Å². The number of aromatic nitrogens is 5. The number of pyridine rings is 1. The molecular formula is C29H30N6O. The van der Waals surface area contributed by atoms with Gasteiger partial charge in [-0.05, 0) is 57.9 Å². The van der Waals surface area contributed by atoms with Crippen molar-refractivity contribution in [3.05, 3.63) is 94.6 Å². The number of rotatable bonds is 6. The van der Waals surface area contributed by atoms with E-state index >= 15 is 0 Å². The quantitative estimate of drug-likeness (QED) is 0.332. The van der Waals surface area contributed by atoms with Gasteiger partial charge in [0.05, 0.1) is 46.6 Å². The summed E-state index contributed by atoms with van der Waals surface area (Å²) >= 11 is 0. The van der Waals surface area contributed by atoms with Crippen LogP contribution >= 0.6 is 0 Å². The average Bonchev–Trinajstić information content (AvgIpc) is 3.38. The van der Waals surface area contributed by atoms with Gasteiger partial charge in [0, 0.05) is 23.2 Å². The van der Waals surface area contributed by atoms with Crippen molar-refractivity contribution in [1.82, 2.24) is 24.5 Å². The molecule has 7 nitrogen and oxygen atoms in total. The van der Waals surface area contributed by atoms with Crippen molar-refractivity contribution in [2.45, 2.75) is 47.7 Å². The Morgan fingerprint density at radius 1 is 0.944 bits per heavy atom. The van der Waals surface area contributed by atoms with E-state index in [-0.39, 0.29) is 5.91 Å². The number of nitrogens with one attached hydrogen (secondary N) is 1. The minimum absolute atomic E-state index is 0.183. The molecule has 0 atom stereocenters. The average molecular weight is 479 g/mol. The molecule has 2 aromatic carbocycles. The van der Waals surface area contributed by atoms with Crippen molar-refractivity contribution in [3.8, 4) is 11.3 Å². The molecule has 0 aliphatic rings. The highest BCUT2D eigenvalue weighted by Gasteiger charge is 2.20. The lowest BCUT2D eigenvalue weighted by Crippen LogP contribution is -2.14. The molecule has 5 aromatic rings. The smallest absolute Gasteiger partial charge is 0.256 e. The summed E-state index contributed by atoms with van der Waals surface area (Å²) in [5, 5.41) is 13.1. The Kier molecular flexibility index (Phi) is 6.14. The van der Waals surface area contributed by atoms with Crippen LogP contribution in [-0.4, -0.2) is 30.5 Å². The summed E-state index contributed by atoms with van der Waals surface area (Å²) in [7, 11) is 0. The van der Waals surface area contributed by atoms with Crippen molar-refractivity contribution in [2.75, 3.05) is 5.32 Å². The van der Waals surface area contributed by atoms with E-state index in [0.29, 0.717) is 12.1 Å². The van der Waals surface area contributed by atoms with Crippen LogP contribution in [0.2, 0.25) is 0 Å². The molecule has 0 aliphatic carbocycles. The summed E-state index contributed by atoms with van der Waals surface area (Å²) in [4.78, 5) is 18.5. The topological polar surface area (TPSA) is 77.6 Å². The van der Waals surface area contributed by atoms with Gasteiger partial charge in [0.1, 0.15) is 0 Å². The third kappa shape index (κ3) is 4.17. The van der Waals surface area contributed by atoms with Crippen LogP contribution in [0.25, 0.3) is 22.2 Å². The summed E-state index contributed by atoms with van der Waals surface area (Å²) in [6, 6.07) is 17.9. The number of benzene rings is 2. The number of carbonyl (C=O) groups excluding carboxylic acids is 1. The van der Waals surface area contributed by atoms with Crippen molar-refractivity contribution >= 4 is 22.5 Å². The Labute approximate surface area is 210 Å².